The molecule has 5 heteroatoms. The molecule has 1 aliphatic rings. The maximum atomic E-state index is 12.0. The van der Waals surface area contributed by atoms with Crippen LogP contribution in [0.15, 0.2) is 53.3 Å². The van der Waals surface area contributed by atoms with Crippen molar-refractivity contribution in [1.29, 1.82) is 5.26 Å². The lowest BCUT2D eigenvalue weighted by Gasteiger charge is -2.08. The van der Waals surface area contributed by atoms with Crippen LogP contribution in [0.25, 0.3) is 22.3 Å². The number of aryl methyl sites for hydroxylation is 1. The smallest absolute Gasteiger partial charge is 0.266 e. The van der Waals surface area contributed by atoms with Gasteiger partial charge in [0.25, 0.3) is 5.56 Å². The van der Waals surface area contributed by atoms with Crippen molar-refractivity contribution in [2.45, 2.75) is 6.92 Å². The number of fused-ring (bicyclic) bond motifs is 1. The van der Waals surface area contributed by atoms with Crippen molar-refractivity contribution < 1.29 is 9.47 Å². The first-order chi connectivity index (χ1) is 12.2. The number of benzene rings is 2. The molecule has 1 N–H and O–H groups in total. The van der Waals surface area contributed by atoms with E-state index in [0.29, 0.717) is 5.56 Å². The Kier molecular flexibility index (Phi) is 3.51. The maximum Gasteiger partial charge on any atom is 0.266 e. The molecular formula is C20H14N2O3. The fraction of sp³-hybridized carbons (Fsp3) is 0.100. The number of rotatable bonds is 2. The van der Waals surface area contributed by atoms with Crippen molar-refractivity contribution in [2.24, 2.45) is 0 Å². The lowest BCUT2D eigenvalue weighted by molar-refractivity contribution is 0.174. The van der Waals surface area contributed by atoms with Crippen LogP contribution in [0.2, 0.25) is 0 Å². The van der Waals surface area contributed by atoms with Crippen LogP contribution in [0.3, 0.4) is 0 Å². The molecule has 0 radical (unpaired) electrons. The van der Waals surface area contributed by atoms with Crippen molar-refractivity contribution >= 4 is 0 Å². The average molecular weight is 330 g/mol. The summed E-state index contributed by atoms with van der Waals surface area (Å²) >= 11 is 0. The van der Waals surface area contributed by atoms with E-state index in [1.54, 1.807) is 6.92 Å². The number of ether oxygens (including phenoxy) is 2. The number of nitrogens with one attached hydrogen (secondary N) is 1. The van der Waals surface area contributed by atoms with E-state index in [4.69, 9.17) is 9.47 Å². The summed E-state index contributed by atoms with van der Waals surface area (Å²) in [6.45, 7) is 2.05. The first-order valence-corrected chi connectivity index (χ1v) is 7.80. The zero-order chi connectivity index (χ0) is 17.4. The minimum atomic E-state index is -0.364. The van der Waals surface area contributed by atoms with Gasteiger partial charge in [0.15, 0.2) is 11.5 Å². The van der Waals surface area contributed by atoms with Crippen molar-refractivity contribution in [3.05, 3.63) is 70.1 Å². The maximum absolute atomic E-state index is 12.0. The van der Waals surface area contributed by atoms with E-state index in [-0.39, 0.29) is 17.9 Å². The minimum absolute atomic E-state index is 0.126. The number of H-pyrrole nitrogens is 1. The van der Waals surface area contributed by atoms with Crippen LogP contribution in [0, 0.1) is 18.3 Å². The Labute approximate surface area is 144 Å². The number of hydrogen-bond donors (Lipinski definition) is 1. The standard InChI is InChI=1S/C20H14N2O3/c1-12-8-16(17(10-21)20(23)22-12)14-4-2-13(3-5-14)15-6-7-18-19(9-15)25-11-24-18/h2-9H,11H2,1H3,(H,22,23). The fourth-order valence-corrected chi connectivity index (χ4v) is 2.95. The van der Waals surface area contributed by atoms with Crippen molar-refractivity contribution in [1.82, 2.24) is 4.98 Å². The third-order valence-electron chi connectivity index (χ3n) is 4.18. The summed E-state index contributed by atoms with van der Waals surface area (Å²) in [6, 6.07) is 17.4. The zero-order valence-electron chi connectivity index (χ0n) is 13.5. The molecule has 0 unspecified atom stereocenters. The summed E-state index contributed by atoms with van der Waals surface area (Å²) in [7, 11) is 0. The van der Waals surface area contributed by atoms with Gasteiger partial charge in [0.1, 0.15) is 11.6 Å². The van der Waals surface area contributed by atoms with Crippen LogP contribution in [0.5, 0.6) is 11.5 Å². The quantitative estimate of drug-likeness (QED) is 0.779. The number of aromatic amines is 1. The molecule has 0 bridgehead atoms. The Balaban J connectivity index is 1.74. The van der Waals surface area contributed by atoms with E-state index < -0.39 is 0 Å². The predicted octanol–water partition coefficient (Wildman–Crippen LogP) is 3.62. The van der Waals surface area contributed by atoms with Crippen molar-refractivity contribution in [3.63, 3.8) is 0 Å². The van der Waals surface area contributed by atoms with Gasteiger partial charge in [-0.15, -0.1) is 0 Å². The molecule has 3 aromatic rings. The average Bonchev–Trinajstić information content (AvgIpc) is 3.09. The highest BCUT2D eigenvalue weighted by Gasteiger charge is 2.14. The molecule has 0 spiro atoms. The van der Waals surface area contributed by atoms with Gasteiger partial charge in [0.05, 0.1) is 0 Å². The van der Waals surface area contributed by atoms with E-state index in [9.17, 15) is 10.1 Å². The molecule has 0 fully saturated rings. The van der Waals surface area contributed by atoms with E-state index in [1.165, 1.54) is 0 Å². The first kappa shape index (κ1) is 15.0. The SMILES string of the molecule is Cc1cc(-c2ccc(-c3ccc4c(c3)OCO4)cc2)c(C#N)c(=O)[nH]1. The topological polar surface area (TPSA) is 75.1 Å². The molecule has 0 saturated heterocycles. The van der Waals surface area contributed by atoms with Gasteiger partial charge in [-0.2, -0.15) is 5.26 Å². The van der Waals surface area contributed by atoms with Crippen molar-refractivity contribution in [3.8, 4) is 39.8 Å². The Bertz CT molecular complexity index is 1060. The number of nitrogens with zero attached hydrogens (tertiary/aromatic N) is 1. The van der Waals surface area contributed by atoms with Gasteiger partial charge in [-0.05, 0) is 41.8 Å². The van der Waals surface area contributed by atoms with Gasteiger partial charge in [-0.1, -0.05) is 30.3 Å². The summed E-state index contributed by atoms with van der Waals surface area (Å²) < 4.78 is 10.7. The molecule has 0 amide bonds. The summed E-state index contributed by atoms with van der Waals surface area (Å²) in [5, 5.41) is 9.28. The summed E-state index contributed by atoms with van der Waals surface area (Å²) in [5.74, 6) is 1.48. The van der Waals surface area contributed by atoms with Crippen LogP contribution in [0.4, 0.5) is 0 Å². The zero-order valence-corrected chi connectivity index (χ0v) is 13.5. The predicted molar refractivity (Wildman–Crippen MR) is 93.5 cm³/mol. The second kappa shape index (κ2) is 5.84. The van der Waals surface area contributed by atoms with Crippen LogP contribution in [-0.2, 0) is 0 Å². The molecule has 0 aliphatic carbocycles. The second-order valence-corrected chi connectivity index (χ2v) is 5.83. The number of hydrogen-bond acceptors (Lipinski definition) is 4. The molecule has 0 saturated carbocycles. The van der Waals surface area contributed by atoms with Crippen LogP contribution < -0.4 is 15.0 Å². The molecule has 4 rings (SSSR count). The first-order valence-electron chi connectivity index (χ1n) is 7.80. The van der Waals surface area contributed by atoms with Gasteiger partial charge < -0.3 is 14.5 Å². The highest BCUT2D eigenvalue weighted by Crippen LogP contribution is 2.36. The highest BCUT2D eigenvalue weighted by atomic mass is 16.7. The van der Waals surface area contributed by atoms with Gasteiger partial charge in [-0.3, -0.25) is 4.79 Å². The minimum Gasteiger partial charge on any atom is -0.454 e. The van der Waals surface area contributed by atoms with Gasteiger partial charge in [0, 0.05) is 11.3 Å². The van der Waals surface area contributed by atoms with Gasteiger partial charge in [0.2, 0.25) is 6.79 Å². The summed E-state index contributed by atoms with van der Waals surface area (Å²) in [5.41, 5.74) is 3.98. The Morgan fingerprint density at radius 2 is 1.64 bits per heavy atom. The number of nitriles is 1. The van der Waals surface area contributed by atoms with E-state index in [0.717, 1.165) is 33.9 Å². The Morgan fingerprint density at radius 3 is 2.40 bits per heavy atom. The number of pyridine rings is 1. The molecule has 5 nitrogen and oxygen atoms in total. The molecule has 0 atom stereocenters. The summed E-state index contributed by atoms with van der Waals surface area (Å²) in [4.78, 5) is 14.6. The third-order valence-corrected chi connectivity index (χ3v) is 4.18. The third kappa shape index (κ3) is 2.64. The molecule has 1 aromatic heterocycles. The van der Waals surface area contributed by atoms with Gasteiger partial charge in [-0.25, -0.2) is 0 Å². The number of aromatic nitrogens is 1. The highest BCUT2D eigenvalue weighted by molar-refractivity contribution is 5.75. The molecule has 1 aliphatic heterocycles. The molecule has 122 valence electrons. The lowest BCUT2D eigenvalue weighted by atomic mass is 9.97. The summed E-state index contributed by atoms with van der Waals surface area (Å²) in [6.07, 6.45) is 0. The molecular weight excluding hydrogens is 316 g/mol. The van der Waals surface area contributed by atoms with Crippen LogP contribution >= 0.6 is 0 Å². The second-order valence-electron chi connectivity index (χ2n) is 5.83. The van der Waals surface area contributed by atoms with E-state index in [2.05, 4.69) is 4.98 Å². The van der Waals surface area contributed by atoms with E-state index in [1.807, 2.05) is 54.6 Å². The van der Waals surface area contributed by atoms with Crippen molar-refractivity contribution in [2.75, 3.05) is 6.79 Å². The van der Waals surface area contributed by atoms with Gasteiger partial charge >= 0.3 is 0 Å². The Morgan fingerprint density at radius 1 is 0.960 bits per heavy atom. The molecule has 2 aromatic carbocycles. The normalized spacial score (nSPS) is 12.0. The van der Waals surface area contributed by atoms with E-state index >= 15 is 0 Å². The monoisotopic (exact) mass is 330 g/mol. The lowest BCUT2D eigenvalue weighted by Crippen LogP contribution is -2.12. The van der Waals surface area contributed by atoms with Crippen LogP contribution in [0.1, 0.15) is 11.3 Å². The Hall–Kier alpha value is -3.52. The molecule has 25 heavy (non-hydrogen) atoms. The largest absolute Gasteiger partial charge is 0.454 e. The fourth-order valence-electron chi connectivity index (χ4n) is 2.95. The van der Waals surface area contributed by atoms with Crippen LogP contribution in [-0.4, -0.2) is 11.8 Å². The molecule has 2 heterocycles.